The van der Waals surface area contributed by atoms with Crippen molar-refractivity contribution in [3.63, 3.8) is 0 Å². The average Bonchev–Trinajstić information content (AvgIpc) is 3.08. The highest BCUT2D eigenvalue weighted by molar-refractivity contribution is 4.90. The van der Waals surface area contributed by atoms with Gasteiger partial charge in [-0.3, -0.25) is 0 Å². The van der Waals surface area contributed by atoms with E-state index in [1.807, 2.05) is 0 Å². The number of rotatable bonds is 5. The molecule has 0 saturated carbocycles. The number of hydrogen-bond donors (Lipinski definition) is 0. The predicted octanol–water partition coefficient (Wildman–Crippen LogP) is 4.96. The van der Waals surface area contributed by atoms with Gasteiger partial charge in [-0.1, -0.05) is 53.4 Å². The molecule has 2 rings (SSSR count). The summed E-state index contributed by atoms with van der Waals surface area (Å²) in [6.45, 7) is 10.9. The Bertz CT molecular complexity index is 191. The Kier molecular flexibility index (Phi) is 8.01. The summed E-state index contributed by atoms with van der Waals surface area (Å²) in [7, 11) is 0. The topological polar surface area (TPSA) is 18.5 Å². The van der Waals surface area contributed by atoms with Crippen LogP contribution in [-0.4, -0.2) is 25.4 Å². The molecule has 0 aromatic heterocycles. The fourth-order valence-corrected chi connectivity index (χ4v) is 3.04. The molecule has 2 heterocycles. The molecule has 0 amide bonds. The van der Waals surface area contributed by atoms with Gasteiger partial charge in [0.1, 0.15) is 0 Å². The molecule has 2 aliphatic rings. The van der Waals surface area contributed by atoms with Gasteiger partial charge >= 0.3 is 0 Å². The van der Waals surface area contributed by atoms with Crippen molar-refractivity contribution in [2.75, 3.05) is 13.2 Å². The van der Waals surface area contributed by atoms with Crippen molar-refractivity contribution in [1.82, 2.24) is 0 Å². The molecule has 0 aromatic rings. The zero-order valence-corrected chi connectivity index (χ0v) is 13.5. The lowest BCUT2D eigenvalue weighted by molar-refractivity contribution is -0.0681. The van der Waals surface area contributed by atoms with Crippen LogP contribution in [0, 0.1) is 5.41 Å². The van der Waals surface area contributed by atoms with Crippen LogP contribution in [0.5, 0.6) is 0 Å². The van der Waals surface area contributed by atoms with Crippen molar-refractivity contribution in [3.05, 3.63) is 0 Å². The molecular weight excluding hydrogens is 236 g/mol. The molecule has 2 atom stereocenters. The summed E-state index contributed by atoms with van der Waals surface area (Å²) in [5, 5.41) is 0. The van der Waals surface area contributed by atoms with Gasteiger partial charge in [-0.05, 0) is 25.7 Å². The molecule has 114 valence electrons. The second kappa shape index (κ2) is 8.97. The first-order valence-electron chi connectivity index (χ1n) is 8.36. The van der Waals surface area contributed by atoms with Gasteiger partial charge in [0.05, 0.1) is 12.2 Å². The highest BCUT2D eigenvalue weighted by Gasteiger charge is 2.41. The van der Waals surface area contributed by atoms with Gasteiger partial charge in [-0.15, -0.1) is 0 Å². The maximum absolute atomic E-state index is 5.75. The normalized spacial score (nSPS) is 27.2. The fraction of sp³-hybridized carbons (Fsp3) is 1.00. The molecule has 2 nitrogen and oxygen atoms in total. The lowest BCUT2D eigenvalue weighted by Crippen LogP contribution is -2.39. The number of hydrogen-bond acceptors (Lipinski definition) is 2. The monoisotopic (exact) mass is 270 g/mol. The molecule has 0 radical (unpaired) electrons. The molecule has 2 fully saturated rings. The Balaban J connectivity index is 0.000000258. The van der Waals surface area contributed by atoms with Gasteiger partial charge in [0.25, 0.3) is 0 Å². The molecule has 2 heteroatoms. The van der Waals surface area contributed by atoms with Gasteiger partial charge in [0, 0.05) is 18.6 Å². The molecule has 2 aliphatic heterocycles. The Morgan fingerprint density at radius 1 is 0.842 bits per heavy atom. The third kappa shape index (κ3) is 5.43. The molecule has 19 heavy (non-hydrogen) atoms. The number of ether oxygens (including phenoxy) is 2. The van der Waals surface area contributed by atoms with E-state index in [-0.39, 0.29) is 5.41 Å². The Labute approximate surface area is 120 Å². The fourth-order valence-electron chi connectivity index (χ4n) is 3.04. The molecule has 0 N–H and O–H groups in total. The van der Waals surface area contributed by atoms with Crippen molar-refractivity contribution in [2.24, 2.45) is 5.41 Å². The van der Waals surface area contributed by atoms with E-state index in [9.17, 15) is 0 Å². The zero-order valence-electron chi connectivity index (χ0n) is 13.5. The van der Waals surface area contributed by atoms with Crippen molar-refractivity contribution < 1.29 is 9.47 Å². The van der Waals surface area contributed by atoms with Gasteiger partial charge in [-0.2, -0.15) is 0 Å². The van der Waals surface area contributed by atoms with Crippen molar-refractivity contribution in [3.8, 4) is 0 Å². The Morgan fingerprint density at radius 3 is 1.53 bits per heavy atom. The number of unbranched alkanes of at least 4 members (excludes halogenated alkanes) is 3. The summed E-state index contributed by atoms with van der Waals surface area (Å²) >= 11 is 0. The third-order valence-electron chi connectivity index (χ3n) is 4.48. The van der Waals surface area contributed by atoms with Crippen LogP contribution in [0.3, 0.4) is 0 Å². The van der Waals surface area contributed by atoms with Crippen LogP contribution in [-0.2, 0) is 9.47 Å². The van der Waals surface area contributed by atoms with Crippen molar-refractivity contribution in [2.45, 2.75) is 91.3 Å². The summed E-state index contributed by atoms with van der Waals surface area (Å²) in [6, 6.07) is 0. The van der Waals surface area contributed by atoms with E-state index >= 15 is 0 Å². The summed E-state index contributed by atoms with van der Waals surface area (Å²) < 4.78 is 11.5. The van der Waals surface area contributed by atoms with E-state index < -0.39 is 0 Å². The van der Waals surface area contributed by atoms with E-state index in [1.54, 1.807) is 0 Å². The maximum atomic E-state index is 5.75. The van der Waals surface area contributed by atoms with Gasteiger partial charge in [0.2, 0.25) is 0 Å². The second-order valence-electron chi connectivity index (χ2n) is 6.53. The highest BCUT2D eigenvalue weighted by Crippen LogP contribution is 2.39. The lowest BCUT2D eigenvalue weighted by Gasteiger charge is -2.35. The predicted molar refractivity (Wildman–Crippen MR) is 81.5 cm³/mol. The van der Waals surface area contributed by atoms with Crippen LogP contribution in [0.25, 0.3) is 0 Å². The van der Waals surface area contributed by atoms with Gasteiger partial charge in [-0.25, -0.2) is 0 Å². The smallest absolute Gasteiger partial charge is 0.0651 e. The first-order valence-corrected chi connectivity index (χ1v) is 8.36. The molecule has 0 aromatic carbocycles. The van der Waals surface area contributed by atoms with Crippen LogP contribution in [0.2, 0.25) is 0 Å². The highest BCUT2D eigenvalue weighted by atomic mass is 16.5. The molecule has 0 aliphatic carbocycles. The van der Waals surface area contributed by atoms with Crippen molar-refractivity contribution >= 4 is 0 Å². The lowest BCUT2D eigenvalue weighted by atomic mass is 9.78. The first-order chi connectivity index (χ1) is 9.12. The van der Waals surface area contributed by atoms with E-state index in [1.165, 1.54) is 51.4 Å². The average molecular weight is 270 g/mol. The zero-order chi connectivity index (χ0) is 14.1. The van der Waals surface area contributed by atoms with E-state index in [0.717, 1.165) is 13.2 Å². The molecule has 2 saturated heterocycles. The van der Waals surface area contributed by atoms with E-state index in [4.69, 9.17) is 9.47 Å². The van der Waals surface area contributed by atoms with Crippen LogP contribution in [0.15, 0.2) is 0 Å². The summed E-state index contributed by atoms with van der Waals surface area (Å²) in [6.07, 6.45) is 11.3. The summed E-state index contributed by atoms with van der Waals surface area (Å²) in [4.78, 5) is 0. The first kappa shape index (κ1) is 17.0. The van der Waals surface area contributed by atoms with Crippen LogP contribution in [0.4, 0.5) is 0 Å². The molecular formula is C17H34O2. The van der Waals surface area contributed by atoms with Crippen LogP contribution in [0.1, 0.15) is 79.1 Å². The minimum atomic E-state index is 0.215. The standard InChI is InChI=1S/C11H20O2.C6H14/c1-11(2,9-5-3-7-12-9)10-6-4-8-13-10;1-3-5-6-4-2/h9-10H,3-8H2,1-2H3;3-6H2,1-2H3. The summed E-state index contributed by atoms with van der Waals surface area (Å²) in [5.74, 6) is 0. The van der Waals surface area contributed by atoms with Gasteiger partial charge < -0.3 is 9.47 Å². The van der Waals surface area contributed by atoms with Gasteiger partial charge in [0.15, 0.2) is 0 Å². The molecule has 2 unspecified atom stereocenters. The molecule has 0 spiro atoms. The van der Waals surface area contributed by atoms with E-state index in [2.05, 4.69) is 27.7 Å². The van der Waals surface area contributed by atoms with Crippen molar-refractivity contribution in [1.29, 1.82) is 0 Å². The summed E-state index contributed by atoms with van der Waals surface area (Å²) in [5.41, 5.74) is 0.215. The Morgan fingerprint density at radius 2 is 1.26 bits per heavy atom. The minimum absolute atomic E-state index is 0.215. The SMILES string of the molecule is CC(C)(C1CCCO1)C1CCCO1.CCCCCC. The maximum Gasteiger partial charge on any atom is 0.0651 e. The minimum Gasteiger partial charge on any atom is -0.378 e. The third-order valence-corrected chi connectivity index (χ3v) is 4.48. The van der Waals surface area contributed by atoms with Crippen LogP contribution < -0.4 is 0 Å². The quantitative estimate of drug-likeness (QED) is 0.658. The molecule has 0 bridgehead atoms. The Hall–Kier alpha value is -0.0800. The second-order valence-corrected chi connectivity index (χ2v) is 6.53. The van der Waals surface area contributed by atoms with E-state index in [0.29, 0.717) is 12.2 Å². The largest absolute Gasteiger partial charge is 0.378 e. The van der Waals surface area contributed by atoms with Crippen LogP contribution >= 0.6 is 0 Å².